The molecule has 1 saturated carbocycles. The number of pyridine rings is 1. The van der Waals surface area contributed by atoms with E-state index in [1.807, 2.05) is 35.7 Å². The summed E-state index contributed by atoms with van der Waals surface area (Å²) in [6.45, 7) is 0.0292. The summed E-state index contributed by atoms with van der Waals surface area (Å²) in [7, 11) is 0. The van der Waals surface area contributed by atoms with Gasteiger partial charge < -0.3 is 15.5 Å². The van der Waals surface area contributed by atoms with Gasteiger partial charge in [-0.25, -0.2) is 0 Å². The van der Waals surface area contributed by atoms with E-state index in [4.69, 9.17) is 0 Å². The molecule has 7 nitrogen and oxygen atoms in total. The molecular weight excluding hydrogens is 460 g/mol. The number of carbonyl (C=O) groups is 3. The van der Waals surface area contributed by atoms with Crippen molar-refractivity contribution in [3.8, 4) is 0 Å². The van der Waals surface area contributed by atoms with Crippen LogP contribution in [0.1, 0.15) is 58.9 Å². The molecule has 3 aromatic rings. The molecule has 2 aromatic heterocycles. The first kappa shape index (κ1) is 24.6. The van der Waals surface area contributed by atoms with Crippen LogP contribution in [0, 0.1) is 0 Å². The van der Waals surface area contributed by atoms with E-state index in [0.29, 0.717) is 10.4 Å². The zero-order valence-electron chi connectivity index (χ0n) is 19.6. The first-order chi connectivity index (χ1) is 17.1. The molecule has 3 amide bonds. The summed E-state index contributed by atoms with van der Waals surface area (Å²) >= 11 is 1.31. The summed E-state index contributed by atoms with van der Waals surface area (Å²) in [5, 5.41) is 7.71. The number of amides is 3. The van der Waals surface area contributed by atoms with E-state index in [-0.39, 0.29) is 36.9 Å². The summed E-state index contributed by atoms with van der Waals surface area (Å²) in [6.07, 6.45) is 8.50. The van der Waals surface area contributed by atoms with Gasteiger partial charge in [0.1, 0.15) is 6.04 Å². The molecule has 8 heteroatoms. The second-order valence-electron chi connectivity index (χ2n) is 8.69. The Morgan fingerprint density at radius 2 is 1.71 bits per heavy atom. The third kappa shape index (κ3) is 6.76. The van der Waals surface area contributed by atoms with Crippen LogP contribution in [0.4, 0.5) is 0 Å². The minimum absolute atomic E-state index is 0.104. The maximum Gasteiger partial charge on any atom is 0.261 e. The van der Waals surface area contributed by atoms with Gasteiger partial charge in [-0.15, -0.1) is 11.3 Å². The molecule has 2 heterocycles. The summed E-state index contributed by atoms with van der Waals surface area (Å²) < 4.78 is 0. The number of thiophene rings is 1. The standard InChI is InChI=1S/C27H30N4O3S/c32-24(18-29-26(33)23-12-7-17-35-23)31(19-20-8-3-1-4-9-20)25(21-13-15-28-16-14-21)27(34)30-22-10-5-2-6-11-22/h1,3-4,7-9,12-17,22,25H,2,5-6,10-11,18-19H2,(H,29,33)(H,30,34)/t25-/m1/s1. The molecule has 2 N–H and O–H groups in total. The van der Waals surface area contributed by atoms with Gasteiger partial charge in [0.25, 0.3) is 5.91 Å². The van der Waals surface area contributed by atoms with Gasteiger partial charge in [0, 0.05) is 25.0 Å². The second-order valence-corrected chi connectivity index (χ2v) is 9.64. The number of nitrogens with zero attached hydrogens (tertiary/aromatic N) is 2. The molecule has 1 aliphatic carbocycles. The van der Waals surface area contributed by atoms with Crippen molar-refractivity contribution < 1.29 is 14.4 Å². The molecule has 1 aromatic carbocycles. The molecule has 35 heavy (non-hydrogen) atoms. The summed E-state index contributed by atoms with van der Waals surface area (Å²) in [6, 6.07) is 15.9. The largest absolute Gasteiger partial charge is 0.351 e. The first-order valence-electron chi connectivity index (χ1n) is 12.0. The molecule has 182 valence electrons. The fraction of sp³-hybridized carbons (Fsp3) is 0.333. The van der Waals surface area contributed by atoms with E-state index in [9.17, 15) is 14.4 Å². The quantitative estimate of drug-likeness (QED) is 0.473. The lowest BCUT2D eigenvalue weighted by Crippen LogP contribution is -2.49. The van der Waals surface area contributed by atoms with Crippen molar-refractivity contribution in [2.75, 3.05) is 6.54 Å². The first-order valence-corrected chi connectivity index (χ1v) is 12.8. The van der Waals surface area contributed by atoms with Crippen LogP contribution in [0.25, 0.3) is 0 Å². The van der Waals surface area contributed by atoms with E-state index in [0.717, 1.165) is 31.2 Å². The normalized spacial score (nSPS) is 14.6. The summed E-state index contributed by atoms with van der Waals surface area (Å²) in [5.74, 6) is -0.851. The van der Waals surface area contributed by atoms with Crippen LogP contribution in [0.3, 0.4) is 0 Å². The van der Waals surface area contributed by atoms with E-state index in [1.165, 1.54) is 17.8 Å². The molecule has 0 aliphatic heterocycles. The van der Waals surface area contributed by atoms with E-state index in [1.54, 1.807) is 41.6 Å². The molecule has 0 bridgehead atoms. The third-order valence-corrected chi connectivity index (χ3v) is 7.06. The Morgan fingerprint density at radius 3 is 2.40 bits per heavy atom. The summed E-state index contributed by atoms with van der Waals surface area (Å²) in [5.41, 5.74) is 1.58. The number of aromatic nitrogens is 1. The summed E-state index contributed by atoms with van der Waals surface area (Å²) in [4.78, 5) is 45.9. The van der Waals surface area contributed by atoms with Gasteiger partial charge in [-0.1, -0.05) is 55.7 Å². The Hall–Kier alpha value is -3.52. The smallest absolute Gasteiger partial charge is 0.261 e. The lowest BCUT2D eigenvalue weighted by molar-refractivity contribution is -0.141. The van der Waals surface area contributed by atoms with Crippen LogP contribution >= 0.6 is 11.3 Å². The van der Waals surface area contributed by atoms with Crippen LogP contribution in [0.2, 0.25) is 0 Å². The van der Waals surface area contributed by atoms with Crippen molar-refractivity contribution in [1.29, 1.82) is 0 Å². The maximum absolute atomic E-state index is 13.7. The third-order valence-electron chi connectivity index (χ3n) is 6.19. The highest BCUT2D eigenvalue weighted by Gasteiger charge is 2.33. The van der Waals surface area contributed by atoms with Crippen LogP contribution in [0.15, 0.2) is 72.4 Å². The highest BCUT2D eigenvalue weighted by molar-refractivity contribution is 7.12. The zero-order valence-corrected chi connectivity index (χ0v) is 20.4. The second kappa shape index (κ2) is 12.3. The lowest BCUT2D eigenvalue weighted by atomic mass is 9.94. The number of hydrogen-bond acceptors (Lipinski definition) is 5. The van der Waals surface area contributed by atoms with Gasteiger partial charge in [-0.05, 0) is 47.5 Å². The minimum atomic E-state index is -0.841. The molecule has 0 spiro atoms. The Morgan fingerprint density at radius 1 is 0.971 bits per heavy atom. The number of hydrogen-bond donors (Lipinski definition) is 2. The Labute approximate surface area is 209 Å². The van der Waals surface area contributed by atoms with Crippen LogP contribution < -0.4 is 10.6 Å². The SMILES string of the molecule is O=C(NCC(=O)N(Cc1ccccc1)[C@@H](C(=O)NC1CCCCC1)c1ccncc1)c1cccs1. The molecule has 1 aliphatic rings. The molecule has 1 fully saturated rings. The average Bonchev–Trinajstić information content (AvgIpc) is 3.44. The van der Waals surface area contributed by atoms with Crippen molar-refractivity contribution in [2.24, 2.45) is 0 Å². The minimum Gasteiger partial charge on any atom is -0.351 e. The predicted octanol–water partition coefficient (Wildman–Crippen LogP) is 4.09. The number of carbonyl (C=O) groups excluding carboxylic acids is 3. The van der Waals surface area contributed by atoms with E-state index >= 15 is 0 Å². The highest BCUT2D eigenvalue weighted by atomic mass is 32.1. The molecule has 0 unspecified atom stereocenters. The highest BCUT2D eigenvalue weighted by Crippen LogP contribution is 2.25. The molecule has 4 rings (SSSR count). The number of rotatable bonds is 9. The number of benzene rings is 1. The zero-order chi connectivity index (χ0) is 24.5. The Balaban J connectivity index is 1.60. The van der Waals surface area contributed by atoms with Crippen LogP contribution in [-0.2, 0) is 16.1 Å². The molecule has 1 atom stereocenters. The van der Waals surface area contributed by atoms with Gasteiger partial charge in [0.05, 0.1) is 11.4 Å². The van der Waals surface area contributed by atoms with Crippen molar-refractivity contribution in [3.63, 3.8) is 0 Å². The van der Waals surface area contributed by atoms with Crippen molar-refractivity contribution in [1.82, 2.24) is 20.5 Å². The van der Waals surface area contributed by atoms with Gasteiger partial charge in [-0.3, -0.25) is 19.4 Å². The molecular formula is C27H30N4O3S. The van der Waals surface area contributed by atoms with Crippen LogP contribution in [0.5, 0.6) is 0 Å². The van der Waals surface area contributed by atoms with Crippen LogP contribution in [-0.4, -0.2) is 40.2 Å². The van der Waals surface area contributed by atoms with Gasteiger partial charge in [0.2, 0.25) is 11.8 Å². The molecule has 0 saturated heterocycles. The lowest BCUT2D eigenvalue weighted by Gasteiger charge is -2.33. The van der Waals surface area contributed by atoms with Crippen molar-refractivity contribution in [3.05, 3.63) is 88.4 Å². The monoisotopic (exact) mass is 490 g/mol. The van der Waals surface area contributed by atoms with E-state index < -0.39 is 6.04 Å². The van der Waals surface area contributed by atoms with Gasteiger partial charge in [-0.2, -0.15) is 0 Å². The van der Waals surface area contributed by atoms with Crippen molar-refractivity contribution >= 4 is 29.1 Å². The van der Waals surface area contributed by atoms with Gasteiger partial charge in [0.15, 0.2) is 0 Å². The fourth-order valence-electron chi connectivity index (χ4n) is 4.40. The maximum atomic E-state index is 13.7. The van der Waals surface area contributed by atoms with Crippen molar-refractivity contribution in [2.45, 2.75) is 50.7 Å². The average molecular weight is 491 g/mol. The van der Waals surface area contributed by atoms with Gasteiger partial charge >= 0.3 is 0 Å². The molecule has 0 radical (unpaired) electrons. The van der Waals surface area contributed by atoms with E-state index in [2.05, 4.69) is 15.6 Å². The Kier molecular flexibility index (Phi) is 8.62. The topological polar surface area (TPSA) is 91.4 Å². The predicted molar refractivity (Wildman–Crippen MR) is 136 cm³/mol. The number of nitrogens with one attached hydrogen (secondary N) is 2. The Bertz CT molecular complexity index is 1100. The fourth-order valence-corrected chi connectivity index (χ4v) is 5.04.